The van der Waals surface area contributed by atoms with Crippen molar-refractivity contribution in [1.29, 1.82) is 0 Å². The third kappa shape index (κ3) is 2.67. The van der Waals surface area contributed by atoms with E-state index in [1.54, 1.807) is 13.0 Å². The molecule has 1 fully saturated rings. The second-order valence-electron chi connectivity index (χ2n) is 3.39. The monoisotopic (exact) mass is 212 g/mol. The van der Waals surface area contributed by atoms with E-state index in [1.807, 2.05) is 0 Å². The maximum absolute atomic E-state index is 12.8. The van der Waals surface area contributed by atoms with Crippen molar-refractivity contribution in [3.63, 3.8) is 0 Å². The average Bonchev–Trinajstić information content (AvgIpc) is 2.69. The Bertz CT molecular complexity index is 335. The Morgan fingerprint density at radius 3 is 2.80 bits per heavy atom. The molecule has 0 aliphatic carbocycles. The van der Waals surface area contributed by atoms with E-state index < -0.39 is 0 Å². The number of halogens is 1. The molecule has 0 bridgehead atoms. The van der Waals surface area contributed by atoms with E-state index >= 15 is 0 Å². The van der Waals surface area contributed by atoms with Crippen molar-refractivity contribution < 1.29 is 18.6 Å². The molecule has 0 amide bonds. The summed E-state index contributed by atoms with van der Waals surface area (Å²) in [4.78, 5) is 0. The highest BCUT2D eigenvalue weighted by atomic mass is 19.1. The molecule has 0 aromatic heterocycles. The second kappa shape index (κ2) is 4.59. The van der Waals surface area contributed by atoms with Crippen LogP contribution in [0.1, 0.15) is 5.56 Å². The molecule has 0 unspecified atom stereocenters. The molecule has 82 valence electrons. The molecule has 2 rings (SSSR count). The minimum absolute atomic E-state index is 0.256. The van der Waals surface area contributed by atoms with Gasteiger partial charge in [-0.1, -0.05) is 0 Å². The van der Waals surface area contributed by atoms with Crippen LogP contribution < -0.4 is 4.74 Å². The van der Waals surface area contributed by atoms with Gasteiger partial charge in [-0.3, -0.25) is 0 Å². The van der Waals surface area contributed by atoms with Gasteiger partial charge < -0.3 is 14.2 Å². The van der Waals surface area contributed by atoms with Crippen molar-refractivity contribution in [2.75, 3.05) is 19.8 Å². The molecule has 3 nitrogen and oxygen atoms in total. The van der Waals surface area contributed by atoms with Crippen LogP contribution in [0.5, 0.6) is 5.75 Å². The van der Waals surface area contributed by atoms with E-state index in [1.165, 1.54) is 12.1 Å². The Balaban J connectivity index is 1.92. The number of aryl methyl sites for hydroxylation is 1. The molecule has 0 spiro atoms. The van der Waals surface area contributed by atoms with Gasteiger partial charge in [0, 0.05) is 0 Å². The van der Waals surface area contributed by atoms with Crippen LogP contribution in [0.3, 0.4) is 0 Å². The van der Waals surface area contributed by atoms with Gasteiger partial charge in [0.1, 0.15) is 18.2 Å². The molecule has 1 aliphatic rings. The first kappa shape index (κ1) is 10.4. The molecule has 15 heavy (non-hydrogen) atoms. The summed E-state index contributed by atoms with van der Waals surface area (Å²) in [6.45, 7) is 3.36. The molecular weight excluding hydrogens is 199 g/mol. The van der Waals surface area contributed by atoms with Gasteiger partial charge in [0.05, 0.1) is 13.2 Å². The Kier molecular flexibility index (Phi) is 3.18. The predicted molar refractivity (Wildman–Crippen MR) is 52.3 cm³/mol. The second-order valence-corrected chi connectivity index (χ2v) is 3.39. The smallest absolute Gasteiger partial charge is 0.191 e. The lowest BCUT2D eigenvalue weighted by Crippen LogP contribution is -2.18. The molecule has 1 aromatic carbocycles. The maximum atomic E-state index is 12.8. The first-order chi connectivity index (χ1) is 7.25. The summed E-state index contributed by atoms with van der Waals surface area (Å²) in [5.41, 5.74) is 0.771. The molecule has 1 aromatic rings. The highest BCUT2D eigenvalue weighted by Crippen LogP contribution is 2.19. The van der Waals surface area contributed by atoms with Crippen LogP contribution in [0, 0.1) is 12.7 Å². The lowest BCUT2D eigenvalue weighted by Gasteiger charge is -2.12. The van der Waals surface area contributed by atoms with Crippen molar-refractivity contribution in [2.45, 2.75) is 13.2 Å². The van der Waals surface area contributed by atoms with Gasteiger partial charge in [-0.2, -0.15) is 0 Å². The van der Waals surface area contributed by atoms with Crippen LogP contribution in [0.15, 0.2) is 18.2 Å². The van der Waals surface area contributed by atoms with Gasteiger partial charge >= 0.3 is 0 Å². The number of hydrogen-bond acceptors (Lipinski definition) is 3. The van der Waals surface area contributed by atoms with Gasteiger partial charge in [-0.05, 0) is 30.7 Å². The Hall–Kier alpha value is -1.13. The zero-order valence-corrected chi connectivity index (χ0v) is 8.53. The minimum atomic E-state index is -0.297. The van der Waals surface area contributed by atoms with Crippen LogP contribution in [-0.2, 0) is 9.47 Å². The molecule has 1 heterocycles. The first-order valence-corrected chi connectivity index (χ1v) is 4.88. The summed E-state index contributed by atoms with van der Waals surface area (Å²) in [6, 6.07) is 4.42. The Morgan fingerprint density at radius 2 is 2.13 bits per heavy atom. The summed E-state index contributed by atoms with van der Waals surface area (Å²) in [7, 11) is 0. The predicted octanol–water partition coefficient (Wildman–Crippen LogP) is 1.89. The Labute approximate surface area is 87.8 Å². The van der Waals surface area contributed by atoms with Crippen LogP contribution in [0.4, 0.5) is 4.39 Å². The number of benzene rings is 1. The first-order valence-electron chi connectivity index (χ1n) is 4.88. The normalized spacial score (nSPS) is 16.9. The molecule has 0 saturated carbocycles. The molecule has 0 N–H and O–H groups in total. The van der Waals surface area contributed by atoms with E-state index in [-0.39, 0.29) is 12.1 Å². The fourth-order valence-electron chi connectivity index (χ4n) is 1.44. The van der Waals surface area contributed by atoms with Crippen molar-refractivity contribution in [3.8, 4) is 5.75 Å². The fourth-order valence-corrected chi connectivity index (χ4v) is 1.44. The summed E-state index contributed by atoms with van der Waals surface area (Å²) in [5, 5.41) is 0. The van der Waals surface area contributed by atoms with Gasteiger partial charge in [0.15, 0.2) is 6.29 Å². The van der Waals surface area contributed by atoms with Crippen molar-refractivity contribution in [2.24, 2.45) is 0 Å². The molecule has 1 saturated heterocycles. The van der Waals surface area contributed by atoms with Crippen LogP contribution >= 0.6 is 0 Å². The van der Waals surface area contributed by atoms with Gasteiger partial charge in [-0.25, -0.2) is 4.39 Å². The zero-order valence-electron chi connectivity index (χ0n) is 8.53. The molecule has 0 radical (unpaired) electrons. The number of hydrogen-bond donors (Lipinski definition) is 0. The van der Waals surface area contributed by atoms with E-state index in [0.29, 0.717) is 25.6 Å². The summed E-state index contributed by atoms with van der Waals surface area (Å²) in [5.74, 6) is 0.406. The van der Waals surface area contributed by atoms with E-state index in [9.17, 15) is 4.39 Å². The zero-order chi connectivity index (χ0) is 10.7. The lowest BCUT2D eigenvalue weighted by molar-refractivity contribution is -0.0685. The third-order valence-electron chi connectivity index (χ3n) is 2.20. The SMILES string of the molecule is Cc1cc(F)ccc1OCC1OCCO1. The van der Waals surface area contributed by atoms with Crippen LogP contribution in [0.2, 0.25) is 0 Å². The van der Waals surface area contributed by atoms with Crippen LogP contribution in [-0.4, -0.2) is 26.1 Å². The fraction of sp³-hybridized carbons (Fsp3) is 0.455. The summed E-state index contributed by atoms with van der Waals surface area (Å²) in [6.07, 6.45) is -0.297. The highest BCUT2D eigenvalue weighted by molar-refractivity contribution is 5.32. The standard InChI is InChI=1S/C11H13FO3/c1-8-6-9(12)2-3-10(8)15-7-11-13-4-5-14-11/h2-3,6,11H,4-5,7H2,1H3. The molecule has 4 heteroatoms. The number of ether oxygens (including phenoxy) is 3. The maximum Gasteiger partial charge on any atom is 0.191 e. The quantitative estimate of drug-likeness (QED) is 0.765. The van der Waals surface area contributed by atoms with Crippen molar-refractivity contribution in [3.05, 3.63) is 29.6 Å². The highest BCUT2D eigenvalue weighted by Gasteiger charge is 2.16. The van der Waals surface area contributed by atoms with E-state index in [2.05, 4.69) is 0 Å². The van der Waals surface area contributed by atoms with E-state index in [4.69, 9.17) is 14.2 Å². The Morgan fingerprint density at radius 1 is 1.40 bits per heavy atom. The molecular formula is C11H13FO3. The van der Waals surface area contributed by atoms with Gasteiger partial charge in [-0.15, -0.1) is 0 Å². The molecule has 0 atom stereocenters. The van der Waals surface area contributed by atoms with Crippen LogP contribution in [0.25, 0.3) is 0 Å². The average molecular weight is 212 g/mol. The van der Waals surface area contributed by atoms with Gasteiger partial charge in [0.2, 0.25) is 0 Å². The third-order valence-corrected chi connectivity index (χ3v) is 2.20. The minimum Gasteiger partial charge on any atom is -0.488 e. The van der Waals surface area contributed by atoms with E-state index in [0.717, 1.165) is 5.56 Å². The lowest BCUT2D eigenvalue weighted by atomic mass is 10.2. The molecule has 1 aliphatic heterocycles. The van der Waals surface area contributed by atoms with Crippen molar-refractivity contribution in [1.82, 2.24) is 0 Å². The summed E-state index contributed by atoms with van der Waals surface area (Å²) >= 11 is 0. The topological polar surface area (TPSA) is 27.7 Å². The summed E-state index contributed by atoms with van der Waals surface area (Å²) < 4.78 is 28.7. The largest absolute Gasteiger partial charge is 0.488 e. The van der Waals surface area contributed by atoms with Gasteiger partial charge in [0.25, 0.3) is 0 Å². The number of rotatable bonds is 3. The van der Waals surface area contributed by atoms with Crippen molar-refractivity contribution >= 4 is 0 Å².